The van der Waals surface area contributed by atoms with Gasteiger partial charge in [0.1, 0.15) is 0 Å². The van der Waals surface area contributed by atoms with Crippen molar-refractivity contribution in [2.45, 2.75) is 6.92 Å². The average molecular weight is 177 g/mol. The Balaban J connectivity index is 2.66. The number of hydrogen-bond donors (Lipinski definition) is 1. The van der Waals surface area contributed by atoms with Crippen LogP contribution < -0.4 is 5.32 Å². The normalized spacial score (nSPS) is 9.31. The zero-order chi connectivity index (χ0) is 9.68. The summed E-state index contributed by atoms with van der Waals surface area (Å²) in [4.78, 5) is 21.2. The van der Waals surface area contributed by atoms with E-state index in [0.717, 1.165) is 5.56 Å². The van der Waals surface area contributed by atoms with E-state index in [0.29, 0.717) is 12.0 Å². The van der Waals surface area contributed by atoms with Crippen molar-refractivity contribution in [1.29, 1.82) is 0 Å². The Bertz CT molecular complexity index is 303. The third-order valence-corrected chi connectivity index (χ3v) is 1.72. The van der Waals surface area contributed by atoms with E-state index in [-0.39, 0.29) is 12.3 Å². The number of nitrogens with one attached hydrogen (secondary N) is 1. The SMILES string of the molecule is Cc1ccc(C(=O)CNC=O)cc1. The molecule has 1 rings (SSSR count). The molecule has 0 aromatic heterocycles. The Morgan fingerprint density at radius 3 is 2.54 bits per heavy atom. The third kappa shape index (κ3) is 2.71. The van der Waals surface area contributed by atoms with E-state index in [1.807, 2.05) is 19.1 Å². The Morgan fingerprint density at radius 1 is 1.38 bits per heavy atom. The highest BCUT2D eigenvalue weighted by molar-refractivity contribution is 5.98. The minimum atomic E-state index is -0.0768. The molecule has 0 saturated heterocycles. The fourth-order valence-corrected chi connectivity index (χ4v) is 0.976. The zero-order valence-electron chi connectivity index (χ0n) is 7.41. The Labute approximate surface area is 76.8 Å². The highest BCUT2D eigenvalue weighted by Crippen LogP contribution is 2.03. The largest absolute Gasteiger partial charge is 0.351 e. The molecule has 1 aromatic rings. The fraction of sp³-hybridized carbons (Fsp3) is 0.200. The molecule has 0 atom stereocenters. The lowest BCUT2D eigenvalue weighted by molar-refractivity contribution is -0.109. The first-order valence-corrected chi connectivity index (χ1v) is 4.01. The first kappa shape index (κ1) is 9.45. The van der Waals surface area contributed by atoms with Crippen LogP contribution in [-0.4, -0.2) is 18.7 Å². The summed E-state index contributed by atoms with van der Waals surface area (Å²) in [5.41, 5.74) is 1.74. The second-order valence-electron chi connectivity index (χ2n) is 2.79. The molecule has 0 aliphatic rings. The topological polar surface area (TPSA) is 46.2 Å². The van der Waals surface area contributed by atoms with Gasteiger partial charge in [-0.2, -0.15) is 0 Å². The summed E-state index contributed by atoms with van der Waals surface area (Å²) in [5, 5.41) is 2.33. The van der Waals surface area contributed by atoms with E-state index in [9.17, 15) is 9.59 Å². The predicted octanol–water partition coefficient (Wildman–Crippen LogP) is 0.924. The predicted molar refractivity (Wildman–Crippen MR) is 49.6 cm³/mol. The number of ketones is 1. The zero-order valence-corrected chi connectivity index (χ0v) is 7.41. The maximum Gasteiger partial charge on any atom is 0.207 e. The van der Waals surface area contributed by atoms with Crippen LogP contribution in [0.1, 0.15) is 15.9 Å². The van der Waals surface area contributed by atoms with Crippen LogP contribution in [0.25, 0.3) is 0 Å². The summed E-state index contributed by atoms with van der Waals surface area (Å²) in [6, 6.07) is 7.25. The second kappa shape index (κ2) is 4.40. The van der Waals surface area contributed by atoms with Gasteiger partial charge in [0.15, 0.2) is 5.78 Å². The number of rotatable bonds is 4. The molecule has 1 amide bonds. The highest BCUT2D eigenvalue weighted by atomic mass is 16.1. The van der Waals surface area contributed by atoms with Gasteiger partial charge in [-0.25, -0.2) is 0 Å². The van der Waals surface area contributed by atoms with Crippen molar-refractivity contribution in [2.75, 3.05) is 6.54 Å². The van der Waals surface area contributed by atoms with Gasteiger partial charge < -0.3 is 5.32 Å². The Hall–Kier alpha value is -1.64. The number of hydrogen-bond acceptors (Lipinski definition) is 2. The van der Waals surface area contributed by atoms with Crippen LogP contribution in [-0.2, 0) is 4.79 Å². The first-order chi connectivity index (χ1) is 6.24. The number of carbonyl (C=O) groups excluding carboxylic acids is 2. The lowest BCUT2D eigenvalue weighted by Crippen LogP contribution is -2.21. The average Bonchev–Trinajstić information content (AvgIpc) is 2.15. The molecule has 0 unspecified atom stereocenters. The molecular formula is C10H11NO2. The van der Waals surface area contributed by atoms with Gasteiger partial charge in [-0.3, -0.25) is 9.59 Å². The van der Waals surface area contributed by atoms with Gasteiger partial charge in [-0.15, -0.1) is 0 Å². The van der Waals surface area contributed by atoms with E-state index in [4.69, 9.17) is 0 Å². The Kier molecular flexibility index (Phi) is 3.20. The molecule has 3 nitrogen and oxygen atoms in total. The van der Waals surface area contributed by atoms with Crippen molar-refractivity contribution in [2.24, 2.45) is 0 Å². The standard InChI is InChI=1S/C10H11NO2/c1-8-2-4-9(5-3-8)10(13)6-11-7-12/h2-5,7H,6H2,1H3,(H,11,12). The van der Waals surface area contributed by atoms with Crippen LogP contribution >= 0.6 is 0 Å². The minimum absolute atomic E-state index is 0.0621. The van der Waals surface area contributed by atoms with Gasteiger partial charge in [-0.05, 0) is 6.92 Å². The molecule has 0 aliphatic carbocycles. The third-order valence-electron chi connectivity index (χ3n) is 1.72. The molecule has 0 fully saturated rings. The highest BCUT2D eigenvalue weighted by Gasteiger charge is 2.02. The van der Waals surface area contributed by atoms with Crippen molar-refractivity contribution in [3.63, 3.8) is 0 Å². The summed E-state index contributed by atoms with van der Waals surface area (Å²) in [6.07, 6.45) is 0.520. The van der Waals surface area contributed by atoms with Crippen LogP contribution in [0.2, 0.25) is 0 Å². The molecular weight excluding hydrogens is 166 g/mol. The Morgan fingerprint density at radius 2 is 2.00 bits per heavy atom. The molecule has 0 saturated carbocycles. The van der Waals surface area contributed by atoms with Crippen molar-refractivity contribution >= 4 is 12.2 Å². The van der Waals surface area contributed by atoms with E-state index >= 15 is 0 Å². The minimum Gasteiger partial charge on any atom is -0.351 e. The quantitative estimate of drug-likeness (QED) is 0.549. The van der Waals surface area contributed by atoms with Gasteiger partial charge in [0.05, 0.1) is 6.54 Å². The van der Waals surface area contributed by atoms with Crippen molar-refractivity contribution < 1.29 is 9.59 Å². The van der Waals surface area contributed by atoms with Crippen molar-refractivity contribution in [3.8, 4) is 0 Å². The lowest BCUT2D eigenvalue weighted by Gasteiger charge is -1.99. The van der Waals surface area contributed by atoms with Gasteiger partial charge in [0, 0.05) is 5.56 Å². The van der Waals surface area contributed by atoms with Crippen LogP contribution in [0.3, 0.4) is 0 Å². The summed E-state index contributed by atoms with van der Waals surface area (Å²) in [5.74, 6) is -0.0768. The fourth-order valence-electron chi connectivity index (χ4n) is 0.976. The molecule has 0 heterocycles. The van der Waals surface area contributed by atoms with E-state index in [1.54, 1.807) is 12.1 Å². The second-order valence-corrected chi connectivity index (χ2v) is 2.79. The monoisotopic (exact) mass is 177 g/mol. The van der Waals surface area contributed by atoms with Gasteiger partial charge in [-0.1, -0.05) is 29.8 Å². The van der Waals surface area contributed by atoms with E-state index in [1.165, 1.54) is 0 Å². The van der Waals surface area contributed by atoms with Crippen molar-refractivity contribution in [1.82, 2.24) is 5.32 Å². The summed E-state index contributed by atoms with van der Waals surface area (Å²) < 4.78 is 0. The first-order valence-electron chi connectivity index (χ1n) is 4.01. The van der Waals surface area contributed by atoms with Crippen LogP contribution in [0, 0.1) is 6.92 Å². The van der Waals surface area contributed by atoms with Crippen LogP contribution in [0.15, 0.2) is 24.3 Å². The molecule has 1 aromatic carbocycles. The molecule has 0 aliphatic heterocycles. The molecule has 13 heavy (non-hydrogen) atoms. The van der Waals surface area contributed by atoms with E-state index < -0.39 is 0 Å². The summed E-state index contributed by atoms with van der Waals surface area (Å²) >= 11 is 0. The van der Waals surface area contributed by atoms with Crippen molar-refractivity contribution in [3.05, 3.63) is 35.4 Å². The smallest absolute Gasteiger partial charge is 0.207 e. The number of carbonyl (C=O) groups is 2. The maximum absolute atomic E-state index is 11.3. The number of Topliss-reactive ketones (excluding diaryl/α,β-unsaturated/α-hetero) is 1. The molecule has 0 spiro atoms. The number of amides is 1. The molecule has 3 heteroatoms. The number of aryl methyl sites for hydroxylation is 1. The lowest BCUT2D eigenvalue weighted by atomic mass is 10.1. The van der Waals surface area contributed by atoms with Crippen LogP contribution in [0.5, 0.6) is 0 Å². The number of benzene rings is 1. The van der Waals surface area contributed by atoms with Gasteiger partial charge in [0.25, 0.3) is 0 Å². The molecule has 1 N–H and O–H groups in total. The summed E-state index contributed by atoms with van der Waals surface area (Å²) in [6.45, 7) is 2.02. The van der Waals surface area contributed by atoms with E-state index in [2.05, 4.69) is 5.32 Å². The van der Waals surface area contributed by atoms with Crippen LogP contribution in [0.4, 0.5) is 0 Å². The molecule has 68 valence electrons. The van der Waals surface area contributed by atoms with Gasteiger partial charge >= 0.3 is 0 Å². The van der Waals surface area contributed by atoms with Gasteiger partial charge in [0.2, 0.25) is 6.41 Å². The maximum atomic E-state index is 11.3. The summed E-state index contributed by atoms with van der Waals surface area (Å²) in [7, 11) is 0. The molecule has 0 radical (unpaired) electrons. The molecule has 0 bridgehead atoms.